The van der Waals surface area contributed by atoms with Crippen LogP contribution in [0.15, 0.2) is 53.7 Å². The van der Waals surface area contributed by atoms with E-state index in [4.69, 9.17) is 0 Å². The van der Waals surface area contributed by atoms with E-state index in [1.807, 2.05) is 24.4 Å². The maximum absolute atomic E-state index is 4.33. The largest absolute Gasteiger partial charge is 0.356 e. The molecule has 0 unspecified atom stereocenters. The van der Waals surface area contributed by atoms with Crippen molar-refractivity contribution in [3.8, 4) is 0 Å². The van der Waals surface area contributed by atoms with Gasteiger partial charge in [-0.05, 0) is 24.6 Å². The molecule has 0 saturated carbocycles. The average Bonchev–Trinajstić information content (AvgIpc) is 2.59. The van der Waals surface area contributed by atoms with Crippen LogP contribution in [0.25, 0.3) is 0 Å². The van der Waals surface area contributed by atoms with Gasteiger partial charge < -0.3 is 10.6 Å². The lowest BCUT2D eigenvalue weighted by molar-refractivity contribution is 0.508. The number of hydrogen-bond donors (Lipinski definition) is 2. The Balaban J connectivity index is 1.83. The highest BCUT2D eigenvalue weighted by Crippen LogP contribution is 2.22. The first-order chi connectivity index (χ1) is 11.5. The van der Waals surface area contributed by atoms with Gasteiger partial charge in [0.05, 0.1) is 0 Å². The second-order valence-corrected chi connectivity index (χ2v) is 6.67. The second kappa shape index (κ2) is 8.48. The monoisotopic (exact) mass is 324 g/mol. The summed E-state index contributed by atoms with van der Waals surface area (Å²) in [5.41, 5.74) is 3.73. The summed E-state index contributed by atoms with van der Waals surface area (Å²) in [6.07, 6.45) is 2.70. The highest BCUT2D eigenvalue weighted by atomic mass is 15.2. The Morgan fingerprint density at radius 3 is 2.46 bits per heavy atom. The number of aromatic nitrogens is 1. The lowest BCUT2D eigenvalue weighted by Crippen LogP contribution is -2.44. The van der Waals surface area contributed by atoms with Gasteiger partial charge in [0.25, 0.3) is 0 Å². The van der Waals surface area contributed by atoms with Crippen LogP contribution in [0.2, 0.25) is 0 Å². The van der Waals surface area contributed by atoms with E-state index in [2.05, 4.69) is 65.6 Å². The molecule has 0 saturated heterocycles. The summed E-state index contributed by atoms with van der Waals surface area (Å²) < 4.78 is 0. The van der Waals surface area contributed by atoms with Gasteiger partial charge in [-0.1, -0.05) is 49.7 Å². The van der Waals surface area contributed by atoms with Crippen LogP contribution in [-0.2, 0) is 11.8 Å². The topological polar surface area (TPSA) is 49.3 Å². The first kappa shape index (κ1) is 18.0. The van der Waals surface area contributed by atoms with Gasteiger partial charge in [-0.2, -0.15) is 0 Å². The number of aryl methyl sites for hydroxylation is 1. The number of aliphatic imine (C=N–C) groups is 1. The van der Waals surface area contributed by atoms with Crippen LogP contribution < -0.4 is 10.6 Å². The van der Waals surface area contributed by atoms with Crippen LogP contribution in [0.4, 0.5) is 0 Å². The zero-order chi connectivity index (χ0) is 17.4. The third-order valence-corrected chi connectivity index (χ3v) is 4.15. The van der Waals surface area contributed by atoms with Crippen LogP contribution in [0, 0.1) is 6.92 Å². The van der Waals surface area contributed by atoms with Crippen molar-refractivity contribution in [3.63, 3.8) is 0 Å². The lowest BCUT2D eigenvalue weighted by atomic mass is 9.84. The quantitative estimate of drug-likeness (QED) is 0.634. The average molecular weight is 324 g/mol. The molecule has 128 valence electrons. The summed E-state index contributed by atoms with van der Waals surface area (Å²) in [6, 6.07) is 14.7. The Morgan fingerprint density at radius 2 is 1.83 bits per heavy atom. The molecule has 24 heavy (non-hydrogen) atoms. The van der Waals surface area contributed by atoms with Gasteiger partial charge >= 0.3 is 0 Å². The second-order valence-electron chi connectivity index (χ2n) is 6.67. The number of nitrogens with one attached hydrogen (secondary N) is 2. The molecular formula is C20H28N4. The molecule has 0 atom stereocenters. The fourth-order valence-corrected chi connectivity index (χ4v) is 2.49. The van der Waals surface area contributed by atoms with E-state index >= 15 is 0 Å². The van der Waals surface area contributed by atoms with Gasteiger partial charge in [-0.3, -0.25) is 9.98 Å². The van der Waals surface area contributed by atoms with E-state index in [0.29, 0.717) is 0 Å². The van der Waals surface area contributed by atoms with Gasteiger partial charge in [0, 0.05) is 43.9 Å². The molecule has 2 N–H and O–H groups in total. The Kier molecular flexibility index (Phi) is 6.36. The summed E-state index contributed by atoms with van der Waals surface area (Å²) in [5.74, 6) is 0.825. The SMILES string of the molecule is CN=C(NCCc1ccccn1)NCC(C)(C)c1ccc(C)cc1. The van der Waals surface area contributed by atoms with Crippen molar-refractivity contribution in [2.75, 3.05) is 20.1 Å². The van der Waals surface area contributed by atoms with E-state index in [1.54, 1.807) is 7.05 Å². The minimum absolute atomic E-state index is 0.0340. The zero-order valence-electron chi connectivity index (χ0n) is 15.1. The first-order valence-electron chi connectivity index (χ1n) is 8.43. The molecular weight excluding hydrogens is 296 g/mol. The van der Waals surface area contributed by atoms with Crippen molar-refractivity contribution >= 4 is 5.96 Å². The van der Waals surface area contributed by atoms with Gasteiger partial charge in [-0.15, -0.1) is 0 Å². The number of pyridine rings is 1. The Bertz CT molecular complexity index is 645. The number of rotatable bonds is 6. The van der Waals surface area contributed by atoms with E-state index in [1.165, 1.54) is 11.1 Å². The van der Waals surface area contributed by atoms with Crippen molar-refractivity contribution in [1.82, 2.24) is 15.6 Å². The molecule has 1 heterocycles. The maximum atomic E-state index is 4.33. The van der Waals surface area contributed by atoms with Crippen LogP contribution in [0.1, 0.15) is 30.7 Å². The number of benzene rings is 1. The summed E-state index contributed by atoms with van der Waals surface area (Å²) >= 11 is 0. The molecule has 0 aliphatic heterocycles. The third kappa shape index (κ3) is 5.37. The molecule has 0 aliphatic rings. The molecule has 0 fully saturated rings. The highest BCUT2D eigenvalue weighted by molar-refractivity contribution is 5.79. The van der Waals surface area contributed by atoms with Crippen molar-refractivity contribution in [3.05, 3.63) is 65.5 Å². The number of guanidine groups is 1. The zero-order valence-corrected chi connectivity index (χ0v) is 15.1. The van der Waals surface area contributed by atoms with Crippen LogP contribution in [0.3, 0.4) is 0 Å². The molecule has 2 aromatic rings. The molecule has 0 radical (unpaired) electrons. The van der Waals surface area contributed by atoms with Crippen molar-refractivity contribution in [2.45, 2.75) is 32.6 Å². The normalized spacial score (nSPS) is 12.1. The molecule has 1 aromatic heterocycles. The van der Waals surface area contributed by atoms with Crippen LogP contribution in [-0.4, -0.2) is 31.1 Å². The predicted molar refractivity (Wildman–Crippen MR) is 102 cm³/mol. The molecule has 2 rings (SSSR count). The summed E-state index contributed by atoms with van der Waals surface area (Å²) in [6.45, 7) is 8.22. The predicted octanol–water partition coefficient (Wildman–Crippen LogP) is 3.08. The van der Waals surface area contributed by atoms with Crippen molar-refractivity contribution < 1.29 is 0 Å². The summed E-state index contributed by atoms with van der Waals surface area (Å²) in [5, 5.41) is 6.78. The third-order valence-electron chi connectivity index (χ3n) is 4.15. The summed E-state index contributed by atoms with van der Waals surface area (Å²) in [7, 11) is 1.80. The Hall–Kier alpha value is -2.36. The van der Waals surface area contributed by atoms with Gasteiger partial charge in [0.15, 0.2) is 5.96 Å². The molecule has 0 spiro atoms. The van der Waals surface area contributed by atoms with Crippen molar-refractivity contribution in [1.29, 1.82) is 0 Å². The minimum atomic E-state index is 0.0340. The van der Waals surface area contributed by atoms with Gasteiger partial charge in [-0.25, -0.2) is 0 Å². The Labute approximate surface area is 145 Å². The van der Waals surface area contributed by atoms with E-state index < -0.39 is 0 Å². The van der Waals surface area contributed by atoms with E-state index in [9.17, 15) is 0 Å². The van der Waals surface area contributed by atoms with E-state index in [0.717, 1.165) is 31.2 Å². The molecule has 0 amide bonds. The molecule has 0 aliphatic carbocycles. The standard InChI is InChI=1S/C20H28N4/c1-16-8-10-17(11-9-16)20(2,3)15-24-19(21-4)23-14-12-18-7-5-6-13-22-18/h5-11,13H,12,14-15H2,1-4H3,(H2,21,23,24). The lowest BCUT2D eigenvalue weighted by Gasteiger charge is -2.27. The molecule has 4 nitrogen and oxygen atoms in total. The van der Waals surface area contributed by atoms with E-state index in [-0.39, 0.29) is 5.41 Å². The highest BCUT2D eigenvalue weighted by Gasteiger charge is 2.20. The molecule has 1 aromatic carbocycles. The van der Waals surface area contributed by atoms with Gasteiger partial charge in [0.1, 0.15) is 0 Å². The molecule has 4 heteroatoms. The smallest absolute Gasteiger partial charge is 0.191 e. The fraction of sp³-hybridized carbons (Fsp3) is 0.400. The van der Waals surface area contributed by atoms with Crippen molar-refractivity contribution in [2.24, 2.45) is 4.99 Å². The fourth-order valence-electron chi connectivity index (χ4n) is 2.49. The molecule has 0 bridgehead atoms. The Morgan fingerprint density at radius 1 is 1.08 bits per heavy atom. The minimum Gasteiger partial charge on any atom is -0.356 e. The summed E-state index contributed by atoms with van der Waals surface area (Å²) in [4.78, 5) is 8.64. The number of hydrogen-bond acceptors (Lipinski definition) is 2. The maximum Gasteiger partial charge on any atom is 0.191 e. The van der Waals surface area contributed by atoms with Gasteiger partial charge in [0.2, 0.25) is 0 Å². The number of nitrogens with zero attached hydrogens (tertiary/aromatic N) is 2. The first-order valence-corrected chi connectivity index (χ1v) is 8.43. The van der Waals surface area contributed by atoms with Crippen LogP contribution in [0.5, 0.6) is 0 Å². The van der Waals surface area contributed by atoms with Crippen LogP contribution >= 0.6 is 0 Å².